The minimum atomic E-state index is 0. The summed E-state index contributed by atoms with van der Waals surface area (Å²) in [7, 11) is 3.34. The Labute approximate surface area is 72.8 Å². The summed E-state index contributed by atoms with van der Waals surface area (Å²) in [5.41, 5.74) is 0. The first-order chi connectivity index (χ1) is 1.00. The second-order valence-electron chi connectivity index (χ2n) is 0. The first-order valence-corrected chi connectivity index (χ1v) is 2.63. The van der Waals surface area contributed by atoms with E-state index < -0.39 is 0 Å². The predicted octanol–water partition coefficient (Wildman–Crippen LogP) is 3.39. The molecule has 0 saturated carbocycles. The summed E-state index contributed by atoms with van der Waals surface area (Å²) in [4.78, 5) is 0. The molecule has 0 aromatic rings. The molecule has 0 aliphatic carbocycles. The van der Waals surface area contributed by atoms with Crippen LogP contribution in [0.1, 0.15) is 0 Å². The molecule has 0 rings (SSSR count). The van der Waals surface area contributed by atoms with Crippen molar-refractivity contribution in [2.75, 3.05) is 0 Å². The van der Waals surface area contributed by atoms with Crippen molar-refractivity contribution in [3.8, 4) is 0 Å². The maximum absolute atomic E-state index is 3.34. The maximum Gasteiger partial charge on any atom is 0.0476 e. The molecule has 6 heteroatoms. The topological polar surface area (TPSA) is 0 Å². The fourth-order valence-corrected chi connectivity index (χ4v) is 0. The second-order valence-corrected chi connectivity index (χ2v) is 0. The van der Waals surface area contributed by atoms with E-state index in [0.717, 1.165) is 0 Å². The molecular weight excluding hydrogens is 253 g/mol. The van der Waals surface area contributed by atoms with E-state index in [1.165, 1.54) is 0 Å². The third kappa shape index (κ3) is 36.4. The molecule has 6 heavy (non-hydrogen) atoms. The fourth-order valence-electron chi connectivity index (χ4n) is 0. The normalized spacial score (nSPS) is 1.00. The van der Waals surface area contributed by atoms with Gasteiger partial charge in [0.2, 0.25) is 0 Å². The van der Waals surface area contributed by atoms with Crippen LogP contribution in [0.2, 0.25) is 0 Å². The average molecular weight is 257 g/mol. The van der Waals surface area contributed by atoms with Crippen LogP contribution >= 0.6 is 73.1 Å². The van der Waals surface area contributed by atoms with Crippen molar-refractivity contribution in [2.45, 2.75) is 0 Å². The largest absolute Gasteiger partial charge is 0.147 e. The molecule has 0 nitrogen and oxygen atoms in total. The zero-order chi connectivity index (χ0) is 2.00. The summed E-state index contributed by atoms with van der Waals surface area (Å²) in [5.74, 6) is 0. The Balaban J connectivity index is -0.000000000833. The first kappa shape index (κ1) is 42.8. The van der Waals surface area contributed by atoms with Gasteiger partial charge in [-0.05, 0) is 15.5 Å². The molecule has 0 fully saturated rings. The molecule has 0 aliphatic rings. The Morgan fingerprint density at radius 3 is 0.667 bits per heavy atom. The van der Waals surface area contributed by atoms with Crippen LogP contribution < -0.4 is 0 Å². The first-order valence-electron chi connectivity index (χ1n) is 0.169. The van der Waals surface area contributed by atoms with E-state index in [1.54, 1.807) is 0 Å². The van der Waals surface area contributed by atoms with E-state index in [4.69, 9.17) is 0 Å². The minimum Gasteiger partial charge on any atom is -0.147 e. The number of halogens is 5. The van der Waals surface area contributed by atoms with E-state index in [1.807, 2.05) is 0 Å². The molecule has 0 unspecified atom stereocenters. The Kier molecular flexibility index (Phi) is 434. The van der Waals surface area contributed by atoms with Gasteiger partial charge in [-0.25, -0.2) is 0 Å². The molecule has 44 valence electrons. The van der Waals surface area contributed by atoms with Gasteiger partial charge in [0.25, 0.3) is 0 Å². The van der Waals surface area contributed by atoms with Gasteiger partial charge in [0.05, 0.1) is 0 Å². The minimum absolute atomic E-state index is 0. The van der Waals surface area contributed by atoms with Crippen LogP contribution in [0, 0.1) is 0 Å². The zero-order valence-corrected chi connectivity index (χ0v) is 8.20. The van der Waals surface area contributed by atoms with Gasteiger partial charge in [-0.3, -0.25) is 0 Å². The van der Waals surface area contributed by atoms with Gasteiger partial charge in [0, 0.05) is 7.94 Å². The highest BCUT2D eigenvalue weighted by atomic mass is 79.9. The van der Waals surface area contributed by atoms with Crippen LogP contribution in [-0.4, -0.2) is 0 Å². The number of rotatable bonds is 0. The molecule has 2 radical (unpaired) electrons. The van der Waals surface area contributed by atoms with Gasteiger partial charge in [-0.15, -0.1) is 49.6 Å². The monoisotopic (exact) mass is 254 g/mol. The van der Waals surface area contributed by atoms with Gasteiger partial charge in [0.1, 0.15) is 0 Å². The van der Waals surface area contributed by atoms with Crippen molar-refractivity contribution in [1.82, 2.24) is 0 Å². The van der Waals surface area contributed by atoms with E-state index >= 15 is 0 Å². The van der Waals surface area contributed by atoms with Gasteiger partial charge in [-0.1, -0.05) is 0 Å². The molecule has 0 atom stereocenters. The molecule has 0 aliphatic heterocycles. The van der Waals surface area contributed by atoms with Crippen LogP contribution in [-0.2, 0) is 0 Å². The molecule has 0 aromatic heterocycles. The second kappa shape index (κ2) is 60.8. The van der Waals surface area contributed by atoms with Crippen LogP contribution in [0.3, 0.4) is 0 Å². The quantitative estimate of drug-likeness (QED) is 0.583. The van der Waals surface area contributed by atoms with Gasteiger partial charge in [0.15, 0.2) is 0 Å². The van der Waals surface area contributed by atoms with Crippen molar-refractivity contribution in [1.29, 1.82) is 0 Å². The van der Waals surface area contributed by atoms with Gasteiger partial charge in [-0.2, -0.15) is 0 Å². The Morgan fingerprint density at radius 2 is 0.667 bits per heavy atom. The highest BCUT2D eigenvalue weighted by molar-refractivity contribution is 9.34. The fraction of sp³-hybridized carbons (Fsp3) is 0. The highest BCUT2D eigenvalue weighted by Crippen LogP contribution is 1.85. The zero-order valence-electron chi connectivity index (χ0n) is 2.46. The van der Waals surface area contributed by atoms with E-state index in [9.17, 15) is 0 Å². The summed E-state index contributed by atoms with van der Waals surface area (Å²) >= 11 is 2.63. The molecule has 0 spiro atoms. The smallest absolute Gasteiger partial charge is 0.0476 e. The molecule has 0 N–H and O–H groups in total. The Bertz CT molecular complexity index is 7.51. The number of hydrogen-bond donors (Lipinski definition) is 0. The lowest BCUT2D eigenvalue weighted by atomic mass is 31.0. The molecule has 0 bridgehead atoms. The molecule has 0 saturated heterocycles. The van der Waals surface area contributed by atoms with E-state index in [-0.39, 0.29) is 49.6 Å². The number of hydrogen-bond acceptors (Lipinski definition) is 0. The molecule has 0 heterocycles. The standard InChI is InChI=1S/BrP.4ClH/c1-2;;;;/h;4*1H. The maximum atomic E-state index is 3.34. The predicted molar refractivity (Wildman–Crippen MR) is 44.8 cm³/mol. The molecule has 0 amide bonds. The van der Waals surface area contributed by atoms with Crippen LogP contribution in [0.25, 0.3) is 0 Å². The lowest BCUT2D eigenvalue weighted by molar-refractivity contribution is 5.85. The van der Waals surface area contributed by atoms with Crippen molar-refractivity contribution < 1.29 is 0 Å². The van der Waals surface area contributed by atoms with Crippen LogP contribution in [0.15, 0.2) is 0 Å². The lowest BCUT2D eigenvalue weighted by Crippen LogP contribution is -0.147. The SMILES string of the molecule is Cl.Cl.Cl.Cl.[P]Br. The van der Waals surface area contributed by atoms with Crippen molar-refractivity contribution in [3.63, 3.8) is 0 Å². The van der Waals surface area contributed by atoms with Crippen molar-refractivity contribution in [2.24, 2.45) is 0 Å². The summed E-state index contributed by atoms with van der Waals surface area (Å²) in [5, 5.41) is 0. The van der Waals surface area contributed by atoms with E-state index in [2.05, 4.69) is 23.4 Å². The van der Waals surface area contributed by atoms with Gasteiger partial charge >= 0.3 is 0 Å². The Hall–Kier alpha value is 2.07. The third-order valence-electron chi connectivity index (χ3n) is 0. The highest BCUT2D eigenvalue weighted by Gasteiger charge is 1.00. The molecule has 0 aromatic carbocycles. The third-order valence-corrected chi connectivity index (χ3v) is 0. The van der Waals surface area contributed by atoms with E-state index in [0.29, 0.717) is 0 Å². The van der Waals surface area contributed by atoms with Crippen molar-refractivity contribution in [3.05, 3.63) is 0 Å². The lowest BCUT2D eigenvalue weighted by Gasteiger charge is -1.00. The summed E-state index contributed by atoms with van der Waals surface area (Å²) in [6.45, 7) is 0. The van der Waals surface area contributed by atoms with Crippen LogP contribution in [0.4, 0.5) is 0 Å². The summed E-state index contributed by atoms with van der Waals surface area (Å²) < 4.78 is 0. The Morgan fingerprint density at radius 1 is 0.667 bits per heavy atom. The molecular formula is H4BrCl4P. The summed E-state index contributed by atoms with van der Waals surface area (Å²) in [6.07, 6.45) is 0. The van der Waals surface area contributed by atoms with Gasteiger partial charge < -0.3 is 0 Å². The van der Waals surface area contributed by atoms with Crippen molar-refractivity contribution >= 4 is 73.1 Å². The average Bonchev–Trinajstić information content (AvgIpc) is 1.00. The summed E-state index contributed by atoms with van der Waals surface area (Å²) in [6, 6.07) is 0. The van der Waals surface area contributed by atoms with Crippen LogP contribution in [0.5, 0.6) is 0 Å².